The first-order chi connectivity index (χ1) is 13.6. The zero-order chi connectivity index (χ0) is 21.1. The number of phenols is 1. The third-order valence-electron chi connectivity index (χ3n) is 4.51. The van der Waals surface area contributed by atoms with Crippen LogP contribution in [0.25, 0.3) is 33.4 Å². The summed E-state index contributed by atoms with van der Waals surface area (Å²) in [6.45, 7) is 0. The molecule has 0 unspecified atom stereocenters. The molecule has 0 saturated heterocycles. The van der Waals surface area contributed by atoms with E-state index in [-0.39, 0.29) is 88.6 Å². The maximum Gasteiger partial charge on any atom is 1.00 e. The van der Waals surface area contributed by atoms with Crippen LogP contribution in [0.15, 0.2) is 56.6 Å². The average molecular weight is 860 g/mol. The van der Waals surface area contributed by atoms with Crippen LogP contribution in [-0.2, 0) is 36.2 Å². The molecule has 1 aliphatic carbocycles. The van der Waals surface area contributed by atoms with Crippen LogP contribution in [0.2, 0.25) is 0 Å². The Morgan fingerprint density at radius 1 is 1.03 bits per heavy atom. The van der Waals surface area contributed by atoms with Gasteiger partial charge in [0.2, 0.25) is 0 Å². The summed E-state index contributed by atoms with van der Waals surface area (Å²) in [5.41, 5.74) is 1.40. The molecule has 151 valence electrons. The van der Waals surface area contributed by atoms with Crippen molar-refractivity contribution in [1.29, 1.82) is 0 Å². The van der Waals surface area contributed by atoms with Crippen molar-refractivity contribution in [2.45, 2.75) is 4.90 Å². The maximum atomic E-state index is 12.2. The molecule has 0 fully saturated rings. The minimum atomic E-state index is -4.75. The quantitative estimate of drug-likeness (QED) is 0.128. The molecule has 1 aliphatic heterocycles. The summed E-state index contributed by atoms with van der Waals surface area (Å²) in [5.74, 6) is 0.386. The van der Waals surface area contributed by atoms with Gasteiger partial charge in [0.25, 0.3) is 0 Å². The summed E-state index contributed by atoms with van der Waals surface area (Å²) >= 11 is 3.88. The van der Waals surface area contributed by atoms with Crippen molar-refractivity contribution in [2.75, 3.05) is 0 Å². The van der Waals surface area contributed by atoms with E-state index >= 15 is 0 Å². The number of halogens is 2. The molecule has 0 atom stereocenters. The first kappa shape index (κ1) is 27.4. The minimum Gasteiger partial charge on any atom is 1.00 e. The van der Waals surface area contributed by atoms with Crippen LogP contribution in [0, 0.1) is 7.14 Å². The van der Waals surface area contributed by atoms with Gasteiger partial charge in [-0.25, -0.2) is 0 Å². The van der Waals surface area contributed by atoms with E-state index in [1.165, 1.54) is 18.2 Å². The standard InChI is InChI=1S/C19H9I2O6S.Hg.Na.H2O/c20-12-5-10-16(7-14(12)22)27-17-8-15(23)13(21)6-11(17)19(10)9-3-1-2-4-18(9)28(24,25)26;;;/h1-7,23H,(H,24,25,26);;;1H2/q;;+1;/p-1. The summed E-state index contributed by atoms with van der Waals surface area (Å²) in [6.07, 6.45) is 0. The van der Waals surface area contributed by atoms with Crippen LogP contribution in [0.1, 0.15) is 0 Å². The molecule has 0 radical (unpaired) electrons. The van der Waals surface area contributed by atoms with E-state index in [9.17, 15) is 22.9 Å². The van der Waals surface area contributed by atoms with Crippen molar-refractivity contribution in [3.63, 3.8) is 0 Å². The van der Waals surface area contributed by atoms with E-state index in [0.29, 0.717) is 32.3 Å². The van der Waals surface area contributed by atoms with Crippen LogP contribution in [0.5, 0.6) is 5.75 Å². The van der Waals surface area contributed by atoms with Crippen molar-refractivity contribution in [2.24, 2.45) is 0 Å². The van der Waals surface area contributed by atoms with Gasteiger partial charge in [-0.05, 0) is 0 Å². The third kappa shape index (κ3) is 5.01. The van der Waals surface area contributed by atoms with Gasteiger partial charge >= 0.3 is 240 Å². The molecule has 2 aromatic rings. The SMILES string of the molecule is O.O=c1cc2oc3[c]([Hg])c(O)c(I)cc3c(-c3ccccc3S(=O)(=O)[O-])c-2cc1I.[Na+]. The first-order valence-corrected chi connectivity index (χ1v) is 14.4. The van der Waals surface area contributed by atoms with Crippen molar-refractivity contribution in [1.82, 2.24) is 0 Å². The van der Waals surface area contributed by atoms with Gasteiger partial charge in [0.15, 0.2) is 0 Å². The van der Waals surface area contributed by atoms with E-state index in [2.05, 4.69) is 0 Å². The van der Waals surface area contributed by atoms with E-state index in [1.54, 1.807) is 24.3 Å². The van der Waals surface area contributed by atoms with Gasteiger partial charge < -0.3 is 5.48 Å². The largest absolute Gasteiger partial charge is 1.00 e. The van der Waals surface area contributed by atoms with Crippen molar-refractivity contribution in [3.05, 3.63) is 59.8 Å². The van der Waals surface area contributed by atoms with Crippen LogP contribution >= 0.6 is 45.2 Å². The number of benzene rings is 3. The number of fused-ring (bicyclic) bond motifs is 2. The molecular weight excluding hydrogens is 850 g/mol. The van der Waals surface area contributed by atoms with E-state index < -0.39 is 10.1 Å². The summed E-state index contributed by atoms with van der Waals surface area (Å²) in [5, 5.41) is 11.0. The Balaban J connectivity index is 0.00000171. The second-order valence-corrected chi connectivity index (χ2v) is 12.7. The molecule has 4 rings (SSSR count). The van der Waals surface area contributed by atoms with Crippen molar-refractivity contribution >= 4 is 69.3 Å². The fourth-order valence-electron chi connectivity index (χ4n) is 3.23. The van der Waals surface area contributed by atoms with E-state index in [4.69, 9.17) is 4.42 Å². The summed E-state index contributed by atoms with van der Waals surface area (Å²) in [4.78, 5) is 11.8. The Labute approximate surface area is 242 Å². The number of phenolic OH excluding ortho intramolecular Hbond substituents is 1. The van der Waals surface area contributed by atoms with Gasteiger partial charge in [-0.1, -0.05) is 0 Å². The van der Waals surface area contributed by atoms with Gasteiger partial charge in [-0.3, -0.25) is 0 Å². The van der Waals surface area contributed by atoms with Crippen molar-refractivity contribution < 1.29 is 83.6 Å². The van der Waals surface area contributed by atoms with Gasteiger partial charge in [0.05, 0.1) is 0 Å². The molecule has 3 N–H and O–H groups in total. The summed E-state index contributed by atoms with van der Waals surface area (Å²) in [6, 6.07) is 10.6. The molecule has 1 heterocycles. The van der Waals surface area contributed by atoms with Crippen LogP contribution in [0.4, 0.5) is 0 Å². The second kappa shape index (κ2) is 10.2. The molecule has 0 saturated carbocycles. The first-order valence-electron chi connectivity index (χ1n) is 8.08. The molecule has 2 aromatic carbocycles. The second-order valence-electron chi connectivity index (χ2n) is 6.27. The normalized spacial score (nSPS) is 11.3. The maximum absolute atomic E-state index is 12.2. The molecule has 0 bridgehead atoms. The number of hydrogen-bond donors (Lipinski definition) is 1. The number of hydrogen-bond acceptors (Lipinski definition) is 6. The molecule has 7 nitrogen and oxygen atoms in total. The van der Waals surface area contributed by atoms with Gasteiger partial charge in [0, 0.05) is 0 Å². The Kier molecular flexibility index (Phi) is 9.04. The smallest absolute Gasteiger partial charge is 1.00 e. The van der Waals surface area contributed by atoms with Crippen LogP contribution < -0.4 is 38.1 Å². The molecule has 0 amide bonds. The Bertz CT molecular complexity index is 1450. The Morgan fingerprint density at radius 2 is 1.68 bits per heavy atom. The predicted molar refractivity (Wildman–Crippen MR) is 123 cm³/mol. The average Bonchev–Trinajstić information content (AvgIpc) is 2.66. The minimum absolute atomic E-state index is 0. The summed E-state index contributed by atoms with van der Waals surface area (Å²) in [7, 11) is -4.75. The van der Waals surface area contributed by atoms with Gasteiger partial charge in [-0.15, -0.1) is 0 Å². The Hall–Kier alpha value is 0.195. The molecule has 12 heteroatoms. The topological polar surface area (TPSA) is 139 Å². The zero-order valence-electron chi connectivity index (χ0n) is 15.9. The van der Waals surface area contributed by atoms with Crippen molar-refractivity contribution in [3.8, 4) is 28.2 Å². The predicted octanol–water partition coefficient (Wildman–Crippen LogP) is -0.265. The van der Waals surface area contributed by atoms with Gasteiger partial charge in [-0.2, -0.15) is 0 Å². The van der Waals surface area contributed by atoms with E-state index in [1.807, 2.05) is 45.2 Å². The van der Waals surface area contributed by atoms with Gasteiger partial charge in [0.1, 0.15) is 0 Å². The molecule has 0 aromatic heterocycles. The third-order valence-corrected chi connectivity index (χ3v) is 9.62. The molecular formula is C19H10HgI2NaO7S. The molecule has 2 aliphatic rings. The molecule has 0 spiro atoms. The Morgan fingerprint density at radius 3 is 2.32 bits per heavy atom. The summed E-state index contributed by atoms with van der Waals surface area (Å²) < 4.78 is 43.5. The van der Waals surface area contributed by atoms with Crippen LogP contribution in [0.3, 0.4) is 0 Å². The number of rotatable bonds is 2. The fraction of sp³-hybridized carbons (Fsp3) is 0. The zero-order valence-corrected chi connectivity index (χ0v) is 28.5. The number of aromatic hydroxyl groups is 1. The monoisotopic (exact) mass is 861 g/mol. The van der Waals surface area contributed by atoms with Crippen LogP contribution in [-0.4, -0.2) is 23.6 Å². The van der Waals surface area contributed by atoms with E-state index in [0.717, 1.165) is 0 Å². The fourth-order valence-corrected chi connectivity index (χ4v) is 8.18. The molecule has 31 heavy (non-hydrogen) atoms.